The minimum Gasteiger partial charge on any atom is -0.341 e. The van der Waals surface area contributed by atoms with Gasteiger partial charge >= 0.3 is 0 Å². The fourth-order valence-electron chi connectivity index (χ4n) is 3.86. The summed E-state index contributed by atoms with van der Waals surface area (Å²) >= 11 is 0. The molecule has 0 unspecified atom stereocenters. The maximum absolute atomic E-state index is 12.8. The second-order valence-corrected chi connectivity index (χ2v) is 7.43. The maximum Gasteiger partial charge on any atom is 0.227 e. The van der Waals surface area contributed by atoms with Gasteiger partial charge in [-0.1, -0.05) is 19.9 Å². The van der Waals surface area contributed by atoms with Crippen LogP contribution in [-0.4, -0.2) is 57.3 Å². The van der Waals surface area contributed by atoms with Crippen LogP contribution in [0.4, 0.5) is 0 Å². The first-order valence-corrected chi connectivity index (χ1v) is 10.00. The molecule has 6 heteroatoms. The summed E-state index contributed by atoms with van der Waals surface area (Å²) in [5.41, 5.74) is 2.97. The smallest absolute Gasteiger partial charge is 0.227 e. The molecule has 1 aromatic heterocycles. The van der Waals surface area contributed by atoms with E-state index >= 15 is 0 Å². The van der Waals surface area contributed by atoms with E-state index in [9.17, 15) is 9.59 Å². The van der Waals surface area contributed by atoms with Crippen molar-refractivity contribution in [3.05, 3.63) is 30.1 Å². The summed E-state index contributed by atoms with van der Waals surface area (Å²) in [5, 5.41) is 0. The number of imidazole rings is 1. The van der Waals surface area contributed by atoms with E-state index in [2.05, 4.69) is 18.8 Å². The Bertz CT molecular complexity index is 810. The second kappa shape index (κ2) is 8.55. The van der Waals surface area contributed by atoms with E-state index in [1.807, 2.05) is 39.6 Å². The van der Waals surface area contributed by atoms with Crippen molar-refractivity contribution in [1.29, 1.82) is 0 Å². The van der Waals surface area contributed by atoms with Crippen molar-refractivity contribution in [3.63, 3.8) is 0 Å². The van der Waals surface area contributed by atoms with Gasteiger partial charge in [0, 0.05) is 39.1 Å². The van der Waals surface area contributed by atoms with Crippen LogP contribution in [0.3, 0.4) is 0 Å². The molecule has 146 valence electrons. The van der Waals surface area contributed by atoms with Crippen LogP contribution in [0.15, 0.2) is 24.5 Å². The molecule has 0 radical (unpaired) electrons. The zero-order chi connectivity index (χ0) is 19.4. The number of rotatable bonds is 5. The van der Waals surface area contributed by atoms with E-state index in [4.69, 9.17) is 0 Å². The minimum absolute atomic E-state index is 0.109. The largest absolute Gasteiger partial charge is 0.341 e. The number of aryl methyl sites for hydroxylation is 1. The molecule has 0 atom stereocenters. The molecule has 2 aromatic rings. The van der Waals surface area contributed by atoms with Gasteiger partial charge in [-0.25, -0.2) is 4.98 Å². The minimum atomic E-state index is 0.109. The highest BCUT2D eigenvalue weighted by Crippen LogP contribution is 2.17. The van der Waals surface area contributed by atoms with E-state index in [1.54, 1.807) is 6.33 Å². The fourth-order valence-corrected chi connectivity index (χ4v) is 3.86. The van der Waals surface area contributed by atoms with Crippen LogP contribution in [0.25, 0.3) is 11.0 Å². The molecule has 0 N–H and O–H groups in total. The molecule has 3 rings (SSSR count). The average Bonchev–Trinajstić information content (AvgIpc) is 2.88. The highest BCUT2D eigenvalue weighted by Gasteiger charge is 2.25. The van der Waals surface area contributed by atoms with Crippen molar-refractivity contribution in [3.8, 4) is 0 Å². The van der Waals surface area contributed by atoms with Gasteiger partial charge in [0.2, 0.25) is 11.8 Å². The van der Waals surface area contributed by atoms with Gasteiger partial charge in [-0.3, -0.25) is 9.59 Å². The SMILES string of the molecule is CCC(CC)C(=O)N1CCCN(C(=O)Cc2ccc3c(c2)ncn3C)CC1. The molecular formula is C21H30N4O2. The molecule has 1 saturated heterocycles. The Hall–Kier alpha value is -2.37. The quantitative estimate of drug-likeness (QED) is 0.813. The van der Waals surface area contributed by atoms with Crippen LogP contribution < -0.4 is 0 Å². The number of benzene rings is 1. The van der Waals surface area contributed by atoms with E-state index < -0.39 is 0 Å². The number of amides is 2. The van der Waals surface area contributed by atoms with Crippen molar-refractivity contribution in [2.45, 2.75) is 39.5 Å². The van der Waals surface area contributed by atoms with Gasteiger partial charge in [-0.15, -0.1) is 0 Å². The van der Waals surface area contributed by atoms with Gasteiger partial charge in [0.1, 0.15) is 0 Å². The van der Waals surface area contributed by atoms with Crippen molar-refractivity contribution in [1.82, 2.24) is 19.4 Å². The Morgan fingerprint density at radius 1 is 1.07 bits per heavy atom. The number of fused-ring (bicyclic) bond motifs is 1. The Kier molecular flexibility index (Phi) is 6.14. The maximum atomic E-state index is 12.8. The van der Waals surface area contributed by atoms with Gasteiger partial charge in [0.15, 0.2) is 0 Å². The molecule has 1 aliphatic rings. The standard InChI is InChI=1S/C21H30N4O2/c1-4-17(5-2)21(27)25-10-6-9-24(11-12-25)20(26)14-16-7-8-19-18(13-16)22-15-23(19)3/h7-8,13,15,17H,4-6,9-12,14H2,1-3H3. The van der Waals surface area contributed by atoms with Gasteiger partial charge in [-0.05, 0) is 37.0 Å². The molecule has 1 aromatic carbocycles. The molecule has 0 saturated carbocycles. The normalized spacial score (nSPS) is 15.4. The topological polar surface area (TPSA) is 58.4 Å². The van der Waals surface area contributed by atoms with Gasteiger partial charge in [-0.2, -0.15) is 0 Å². The summed E-state index contributed by atoms with van der Waals surface area (Å²) in [5.74, 6) is 0.481. The molecule has 1 aliphatic heterocycles. The third-order valence-corrected chi connectivity index (χ3v) is 5.64. The van der Waals surface area contributed by atoms with Gasteiger partial charge in [0.05, 0.1) is 23.8 Å². The molecule has 0 spiro atoms. The van der Waals surface area contributed by atoms with Crippen LogP contribution in [-0.2, 0) is 23.1 Å². The third kappa shape index (κ3) is 4.31. The average molecular weight is 370 g/mol. The summed E-state index contributed by atoms with van der Waals surface area (Å²) < 4.78 is 1.97. The number of carbonyl (C=O) groups is 2. The number of hydrogen-bond acceptors (Lipinski definition) is 3. The highest BCUT2D eigenvalue weighted by molar-refractivity contribution is 5.82. The Morgan fingerprint density at radius 2 is 1.78 bits per heavy atom. The molecule has 6 nitrogen and oxygen atoms in total. The zero-order valence-electron chi connectivity index (χ0n) is 16.6. The number of aromatic nitrogens is 2. The van der Waals surface area contributed by atoms with Gasteiger partial charge in [0.25, 0.3) is 0 Å². The lowest BCUT2D eigenvalue weighted by atomic mass is 10.0. The van der Waals surface area contributed by atoms with E-state index in [0.717, 1.165) is 48.9 Å². The summed E-state index contributed by atoms with van der Waals surface area (Å²) in [4.78, 5) is 33.6. The third-order valence-electron chi connectivity index (χ3n) is 5.64. The molecule has 2 amide bonds. The van der Waals surface area contributed by atoms with Crippen molar-refractivity contribution in [2.75, 3.05) is 26.2 Å². The predicted octanol–water partition coefficient (Wildman–Crippen LogP) is 2.61. The second-order valence-electron chi connectivity index (χ2n) is 7.43. The molecule has 0 bridgehead atoms. The lowest BCUT2D eigenvalue weighted by molar-refractivity contribution is -0.136. The van der Waals surface area contributed by atoms with Crippen LogP contribution in [0.5, 0.6) is 0 Å². The first-order chi connectivity index (χ1) is 13.0. The van der Waals surface area contributed by atoms with Crippen LogP contribution in [0, 0.1) is 5.92 Å². The van der Waals surface area contributed by atoms with Crippen LogP contribution >= 0.6 is 0 Å². The monoisotopic (exact) mass is 370 g/mol. The zero-order valence-corrected chi connectivity index (χ0v) is 16.6. The number of hydrogen-bond donors (Lipinski definition) is 0. The van der Waals surface area contributed by atoms with Crippen molar-refractivity contribution >= 4 is 22.8 Å². The first-order valence-electron chi connectivity index (χ1n) is 10.00. The fraction of sp³-hybridized carbons (Fsp3) is 0.571. The Labute approximate surface area is 161 Å². The lowest BCUT2D eigenvalue weighted by Crippen LogP contribution is -2.40. The molecule has 2 heterocycles. The number of carbonyl (C=O) groups excluding carboxylic acids is 2. The highest BCUT2D eigenvalue weighted by atomic mass is 16.2. The molecule has 27 heavy (non-hydrogen) atoms. The van der Waals surface area contributed by atoms with E-state index in [1.165, 1.54) is 0 Å². The first kappa shape index (κ1) is 19.4. The van der Waals surface area contributed by atoms with E-state index in [0.29, 0.717) is 19.5 Å². The van der Waals surface area contributed by atoms with Crippen molar-refractivity contribution in [2.24, 2.45) is 13.0 Å². The summed E-state index contributed by atoms with van der Waals surface area (Å²) in [6.07, 6.45) is 4.77. The van der Waals surface area contributed by atoms with E-state index in [-0.39, 0.29) is 17.7 Å². The van der Waals surface area contributed by atoms with Crippen LogP contribution in [0.2, 0.25) is 0 Å². The Balaban J connectivity index is 1.61. The summed E-state index contributed by atoms with van der Waals surface area (Å²) in [7, 11) is 1.96. The summed E-state index contributed by atoms with van der Waals surface area (Å²) in [6, 6.07) is 6.01. The molecule has 0 aliphatic carbocycles. The van der Waals surface area contributed by atoms with Crippen LogP contribution in [0.1, 0.15) is 38.7 Å². The molecule has 1 fully saturated rings. The number of nitrogens with zero attached hydrogens (tertiary/aromatic N) is 4. The lowest BCUT2D eigenvalue weighted by Gasteiger charge is -2.25. The molecular weight excluding hydrogens is 340 g/mol. The van der Waals surface area contributed by atoms with Crippen molar-refractivity contribution < 1.29 is 9.59 Å². The van der Waals surface area contributed by atoms with Gasteiger partial charge < -0.3 is 14.4 Å². The predicted molar refractivity (Wildman–Crippen MR) is 106 cm³/mol. The summed E-state index contributed by atoms with van der Waals surface area (Å²) in [6.45, 7) is 6.86. The Morgan fingerprint density at radius 3 is 2.52 bits per heavy atom.